The van der Waals surface area contributed by atoms with Crippen molar-refractivity contribution in [3.63, 3.8) is 0 Å². The maximum absolute atomic E-state index is 14.0. The second-order valence-corrected chi connectivity index (χ2v) is 8.38. The molecule has 40 heavy (non-hydrogen) atoms. The van der Waals surface area contributed by atoms with Gasteiger partial charge in [0.15, 0.2) is 23.1 Å². The molecule has 4 rings (SSSR count). The maximum Gasteiger partial charge on any atom is 0.343 e. The lowest BCUT2D eigenvalue weighted by Crippen LogP contribution is -2.21. The first-order chi connectivity index (χ1) is 19.3. The Balaban J connectivity index is 2.06. The predicted octanol–water partition coefficient (Wildman–Crippen LogP) is 4.96. The number of benzene rings is 4. The summed E-state index contributed by atoms with van der Waals surface area (Å²) in [6, 6.07) is 21.2. The van der Waals surface area contributed by atoms with E-state index in [1.807, 2.05) is 0 Å². The van der Waals surface area contributed by atoms with E-state index in [1.54, 1.807) is 42.5 Å². The number of ketones is 2. The number of esters is 2. The first-order valence-electron chi connectivity index (χ1n) is 12.1. The molecule has 0 fully saturated rings. The Bertz CT molecular complexity index is 1590. The number of rotatable bonds is 9. The topological polar surface area (TPSA) is 136 Å². The summed E-state index contributed by atoms with van der Waals surface area (Å²) in [6.07, 6.45) is 0. The molecule has 0 bridgehead atoms. The molecule has 9 nitrogen and oxygen atoms in total. The highest BCUT2D eigenvalue weighted by atomic mass is 16.5. The van der Waals surface area contributed by atoms with Crippen LogP contribution in [0.5, 0.6) is 23.0 Å². The molecule has 0 aliphatic carbocycles. The summed E-state index contributed by atoms with van der Waals surface area (Å²) in [6.45, 7) is 1.36. The first-order valence-corrected chi connectivity index (χ1v) is 12.1. The average Bonchev–Trinajstić information content (AvgIpc) is 2.99. The number of ether oxygens (including phenoxy) is 3. The lowest BCUT2D eigenvalue weighted by Gasteiger charge is -2.20. The van der Waals surface area contributed by atoms with Crippen molar-refractivity contribution in [3.8, 4) is 23.0 Å². The number of phenols is 2. The van der Waals surface area contributed by atoms with Gasteiger partial charge in [0.25, 0.3) is 0 Å². The third-order valence-corrected chi connectivity index (χ3v) is 5.91. The van der Waals surface area contributed by atoms with Crippen LogP contribution in [0.2, 0.25) is 0 Å². The molecule has 4 aromatic rings. The van der Waals surface area contributed by atoms with E-state index in [1.165, 1.54) is 56.5 Å². The van der Waals surface area contributed by atoms with E-state index in [0.29, 0.717) is 5.75 Å². The maximum atomic E-state index is 14.0. The van der Waals surface area contributed by atoms with Crippen LogP contribution in [0.4, 0.5) is 0 Å². The Morgan fingerprint density at radius 3 is 1.82 bits per heavy atom. The summed E-state index contributed by atoms with van der Waals surface area (Å²) in [5, 5.41) is 22.1. The van der Waals surface area contributed by atoms with Gasteiger partial charge < -0.3 is 24.4 Å². The number of hydrogen-bond donors (Lipinski definition) is 2. The van der Waals surface area contributed by atoms with E-state index in [9.17, 15) is 29.4 Å². The molecule has 0 saturated heterocycles. The standard InChI is InChI=1S/C31H24O9/c1-3-39-31(37)22-23(25(32)18-11-6-4-7-12-18)27(34)28(35)29(40-30(36)19-13-8-5-9-14-19)24(22)26(33)20-15-10-16-21(17-20)38-2/h4-17,34-35H,3H2,1-2H3. The smallest absolute Gasteiger partial charge is 0.343 e. The SMILES string of the molecule is CCOC(=O)c1c(C(=O)c2ccccc2)c(O)c(O)c(OC(=O)c2ccccc2)c1C(=O)c1cccc(OC)c1. The fraction of sp³-hybridized carbons (Fsp3) is 0.0968. The molecule has 0 atom stereocenters. The van der Waals surface area contributed by atoms with Crippen molar-refractivity contribution in [1.82, 2.24) is 0 Å². The van der Waals surface area contributed by atoms with Gasteiger partial charge >= 0.3 is 11.9 Å². The molecule has 0 amide bonds. The van der Waals surface area contributed by atoms with Crippen molar-refractivity contribution in [3.05, 3.63) is 118 Å². The Morgan fingerprint density at radius 1 is 0.650 bits per heavy atom. The van der Waals surface area contributed by atoms with E-state index in [4.69, 9.17) is 14.2 Å². The van der Waals surface area contributed by atoms with Gasteiger partial charge in [0.1, 0.15) is 5.75 Å². The van der Waals surface area contributed by atoms with Crippen molar-refractivity contribution < 1.29 is 43.6 Å². The van der Waals surface area contributed by atoms with Crippen LogP contribution in [0.15, 0.2) is 84.9 Å². The van der Waals surface area contributed by atoms with Crippen molar-refractivity contribution >= 4 is 23.5 Å². The average molecular weight is 541 g/mol. The van der Waals surface area contributed by atoms with E-state index in [-0.39, 0.29) is 23.3 Å². The Kier molecular flexibility index (Phi) is 8.24. The zero-order valence-corrected chi connectivity index (χ0v) is 21.5. The summed E-state index contributed by atoms with van der Waals surface area (Å²) < 4.78 is 15.8. The molecule has 0 aromatic heterocycles. The Labute approximate surface area is 229 Å². The molecule has 4 aromatic carbocycles. The normalized spacial score (nSPS) is 10.4. The van der Waals surface area contributed by atoms with Gasteiger partial charge in [0, 0.05) is 11.1 Å². The first kappa shape index (κ1) is 27.6. The minimum absolute atomic E-state index is 0.0230. The van der Waals surface area contributed by atoms with E-state index >= 15 is 0 Å². The molecular formula is C31H24O9. The number of hydrogen-bond acceptors (Lipinski definition) is 9. The zero-order chi connectivity index (χ0) is 28.8. The number of aromatic hydroxyl groups is 2. The Morgan fingerprint density at radius 2 is 1.23 bits per heavy atom. The van der Waals surface area contributed by atoms with Gasteiger partial charge in [-0.1, -0.05) is 60.7 Å². The molecule has 0 heterocycles. The largest absolute Gasteiger partial charge is 0.504 e. The van der Waals surface area contributed by atoms with Crippen molar-refractivity contribution in [1.29, 1.82) is 0 Å². The second-order valence-electron chi connectivity index (χ2n) is 8.38. The van der Waals surface area contributed by atoms with Gasteiger partial charge in [-0.05, 0) is 31.2 Å². The summed E-state index contributed by atoms with van der Waals surface area (Å²) >= 11 is 0. The van der Waals surface area contributed by atoms with Crippen LogP contribution < -0.4 is 9.47 Å². The lowest BCUT2D eigenvalue weighted by molar-refractivity contribution is 0.0517. The van der Waals surface area contributed by atoms with Gasteiger partial charge in [-0.3, -0.25) is 9.59 Å². The third-order valence-electron chi connectivity index (χ3n) is 5.91. The van der Waals surface area contributed by atoms with Crippen LogP contribution >= 0.6 is 0 Å². The molecule has 202 valence electrons. The monoisotopic (exact) mass is 540 g/mol. The number of methoxy groups -OCH3 is 1. The van der Waals surface area contributed by atoms with Crippen LogP contribution in [-0.4, -0.2) is 47.4 Å². The van der Waals surface area contributed by atoms with Crippen molar-refractivity contribution in [2.75, 3.05) is 13.7 Å². The van der Waals surface area contributed by atoms with Gasteiger partial charge in [0.2, 0.25) is 5.75 Å². The van der Waals surface area contributed by atoms with Crippen molar-refractivity contribution in [2.24, 2.45) is 0 Å². The van der Waals surface area contributed by atoms with Gasteiger partial charge in [-0.2, -0.15) is 0 Å². The van der Waals surface area contributed by atoms with Gasteiger partial charge in [-0.25, -0.2) is 9.59 Å². The van der Waals surface area contributed by atoms with Crippen LogP contribution in [0.1, 0.15) is 59.5 Å². The Hall–Kier alpha value is -5.44. The molecular weight excluding hydrogens is 516 g/mol. The van der Waals surface area contributed by atoms with Crippen LogP contribution in [0, 0.1) is 0 Å². The molecule has 9 heteroatoms. The fourth-order valence-electron chi connectivity index (χ4n) is 4.01. The zero-order valence-electron chi connectivity index (χ0n) is 21.5. The minimum atomic E-state index is -1.15. The molecule has 0 radical (unpaired) electrons. The molecule has 0 aliphatic rings. The third kappa shape index (κ3) is 5.39. The minimum Gasteiger partial charge on any atom is -0.504 e. The van der Waals surface area contributed by atoms with Gasteiger partial charge in [-0.15, -0.1) is 0 Å². The predicted molar refractivity (Wildman–Crippen MR) is 143 cm³/mol. The number of carbonyl (C=O) groups excluding carboxylic acids is 4. The summed E-state index contributed by atoms with van der Waals surface area (Å²) in [5.74, 6) is -6.58. The second kappa shape index (κ2) is 12.0. The summed E-state index contributed by atoms with van der Waals surface area (Å²) in [5.41, 5.74) is -1.92. The highest BCUT2D eigenvalue weighted by Crippen LogP contribution is 2.46. The lowest BCUT2D eigenvalue weighted by atomic mass is 9.88. The quantitative estimate of drug-likeness (QED) is 0.131. The molecule has 0 saturated carbocycles. The van der Waals surface area contributed by atoms with Gasteiger partial charge in [0.05, 0.1) is 36.0 Å². The summed E-state index contributed by atoms with van der Waals surface area (Å²) in [4.78, 5) is 54.0. The van der Waals surface area contributed by atoms with E-state index in [0.717, 1.165) is 0 Å². The molecule has 0 spiro atoms. The van der Waals surface area contributed by atoms with E-state index in [2.05, 4.69) is 0 Å². The fourth-order valence-corrected chi connectivity index (χ4v) is 4.01. The molecule has 0 unspecified atom stereocenters. The molecule has 2 N–H and O–H groups in total. The number of phenolic OH excluding ortho intramolecular Hbond substituents is 2. The van der Waals surface area contributed by atoms with Crippen LogP contribution in [-0.2, 0) is 4.74 Å². The van der Waals surface area contributed by atoms with Crippen LogP contribution in [0.3, 0.4) is 0 Å². The summed E-state index contributed by atoms with van der Waals surface area (Å²) in [7, 11) is 1.39. The number of carbonyl (C=O) groups is 4. The highest BCUT2D eigenvalue weighted by molar-refractivity contribution is 6.24. The molecule has 0 aliphatic heterocycles. The highest BCUT2D eigenvalue weighted by Gasteiger charge is 2.37. The van der Waals surface area contributed by atoms with Crippen molar-refractivity contribution in [2.45, 2.75) is 6.92 Å². The van der Waals surface area contributed by atoms with Crippen LogP contribution in [0.25, 0.3) is 0 Å². The van der Waals surface area contributed by atoms with E-state index < -0.39 is 57.4 Å².